The van der Waals surface area contributed by atoms with Gasteiger partial charge in [0.1, 0.15) is 0 Å². The summed E-state index contributed by atoms with van der Waals surface area (Å²) in [6, 6.07) is 9.40. The highest BCUT2D eigenvalue weighted by molar-refractivity contribution is 7.99. The lowest BCUT2D eigenvalue weighted by Crippen LogP contribution is -2.41. The topological polar surface area (TPSA) is 15.3 Å². The van der Waals surface area contributed by atoms with Crippen LogP contribution in [-0.2, 0) is 6.54 Å². The first kappa shape index (κ1) is 14.7. The van der Waals surface area contributed by atoms with Crippen molar-refractivity contribution in [2.75, 3.05) is 30.9 Å². The molecule has 2 rings (SSSR count). The first-order valence-corrected chi connectivity index (χ1v) is 8.21. The Balaban J connectivity index is 2.05. The van der Waals surface area contributed by atoms with E-state index in [0.29, 0.717) is 11.5 Å². The molecule has 0 spiro atoms. The van der Waals surface area contributed by atoms with E-state index >= 15 is 0 Å². The van der Waals surface area contributed by atoms with E-state index in [1.807, 2.05) is 0 Å². The van der Waals surface area contributed by atoms with E-state index in [1.165, 1.54) is 29.2 Å². The number of anilines is 1. The molecule has 1 heterocycles. The fourth-order valence-electron chi connectivity index (χ4n) is 2.50. The molecule has 19 heavy (non-hydrogen) atoms. The Kier molecular flexibility index (Phi) is 4.80. The molecule has 3 heteroatoms. The van der Waals surface area contributed by atoms with Crippen molar-refractivity contribution in [3.05, 3.63) is 29.8 Å². The van der Waals surface area contributed by atoms with E-state index in [2.05, 4.69) is 74.2 Å². The number of thioether (sulfide) groups is 1. The summed E-state index contributed by atoms with van der Waals surface area (Å²) in [4.78, 5) is 2.21. The largest absolute Gasteiger partial charge is 0.381 e. The molecular formula is C16H26N2S. The molecule has 1 aliphatic rings. The van der Waals surface area contributed by atoms with Gasteiger partial charge in [0, 0.05) is 24.0 Å². The van der Waals surface area contributed by atoms with Gasteiger partial charge in [-0.05, 0) is 49.4 Å². The van der Waals surface area contributed by atoms with Crippen LogP contribution in [-0.4, -0.2) is 36.5 Å². The highest BCUT2D eigenvalue weighted by Gasteiger charge is 2.32. The maximum atomic E-state index is 3.75. The summed E-state index contributed by atoms with van der Waals surface area (Å²) >= 11 is 2.07. The minimum Gasteiger partial charge on any atom is -0.381 e. The van der Waals surface area contributed by atoms with Crippen molar-refractivity contribution in [3.8, 4) is 0 Å². The third-order valence-corrected chi connectivity index (χ3v) is 4.95. The van der Waals surface area contributed by atoms with Crippen molar-refractivity contribution in [2.45, 2.75) is 32.9 Å². The molecule has 1 aliphatic heterocycles. The van der Waals surface area contributed by atoms with Gasteiger partial charge in [-0.3, -0.25) is 0 Å². The molecule has 2 nitrogen and oxygen atoms in total. The van der Waals surface area contributed by atoms with Gasteiger partial charge in [0.15, 0.2) is 0 Å². The van der Waals surface area contributed by atoms with Gasteiger partial charge in [0.05, 0.1) is 0 Å². The molecule has 1 saturated heterocycles. The Bertz CT molecular complexity index is 415. The zero-order valence-electron chi connectivity index (χ0n) is 12.6. The molecule has 0 saturated carbocycles. The molecule has 1 N–H and O–H groups in total. The van der Waals surface area contributed by atoms with Crippen molar-refractivity contribution in [2.24, 2.45) is 5.41 Å². The molecule has 0 aliphatic carbocycles. The standard InChI is InChI=1S/C16H26N2S/c1-16(2)8-9-19-12-15(16)17-14-7-5-6-13(10-14)11-18(3)4/h5-7,10,15,17H,8-9,11-12H2,1-4H3. The molecule has 0 aromatic heterocycles. The Morgan fingerprint density at radius 2 is 2.16 bits per heavy atom. The van der Waals surface area contributed by atoms with Crippen LogP contribution in [0.25, 0.3) is 0 Å². The third kappa shape index (κ3) is 4.15. The predicted octanol–water partition coefficient (Wildman–Crippen LogP) is 3.69. The number of hydrogen-bond acceptors (Lipinski definition) is 3. The Hall–Kier alpha value is -0.670. The molecule has 1 unspecified atom stereocenters. The third-order valence-electron chi connectivity index (χ3n) is 3.89. The van der Waals surface area contributed by atoms with Gasteiger partial charge < -0.3 is 10.2 Å². The van der Waals surface area contributed by atoms with E-state index in [-0.39, 0.29) is 0 Å². The van der Waals surface area contributed by atoms with E-state index < -0.39 is 0 Å². The maximum Gasteiger partial charge on any atom is 0.0403 e. The van der Waals surface area contributed by atoms with Gasteiger partial charge in [-0.25, -0.2) is 0 Å². The molecule has 1 fully saturated rings. The fourth-order valence-corrected chi connectivity index (χ4v) is 4.11. The van der Waals surface area contributed by atoms with E-state index in [4.69, 9.17) is 0 Å². The van der Waals surface area contributed by atoms with Crippen LogP contribution in [0.4, 0.5) is 5.69 Å². The lowest BCUT2D eigenvalue weighted by molar-refractivity contribution is 0.305. The predicted molar refractivity (Wildman–Crippen MR) is 87.0 cm³/mol. The van der Waals surface area contributed by atoms with Gasteiger partial charge >= 0.3 is 0 Å². The summed E-state index contributed by atoms with van der Waals surface area (Å²) in [6.07, 6.45) is 1.30. The highest BCUT2D eigenvalue weighted by atomic mass is 32.2. The molecule has 1 aromatic carbocycles. The van der Waals surface area contributed by atoms with Crippen LogP contribution in [0.3, 0.4) is 0 Å². The lowest BCUT2D eigenvalue weighted by Gasteiger charge is -2.39. The summed E-state index contributed by atoms with van der Waals surface area (Å²) in [5.41, 5.74) is 3.03. The van der Waals surface area contributed by atoms with Crippen molar-refractivity contribution >= 4 is 17.4 Å². The van der Waals surface area contributed by atoms with Gasteiger partial charge in [-0.1, -0.05) is 26.0 Å². The smallest absolute Gasteiger partial charge is 0.0403 e. The van der Waals surface area contributed by atoms with Crippen molar-refractivity contribution in [1.82, 2.24) is 4.90 Å². The maximum absolute atomic E-state index is 3.75. The fraction of sp³-hybridized carbons (Fsp3) is 0.625. The molecule has 1 aromatic rings. The van der Waals surface area contributed by atoms with Crippen LogP contribution in [0.2, 0.25) is 0 Å². The average Bonchev–Trinajstić information content (AvgIpc) is 2.31. The van der Waals surface area contributed by atoms with E-state index in [1.54, 1.807) is 0 Å². The molecule has 106 valence electrons. The second-order valence-corrected chi connectivity index (χ2v) is 7.60. The normalized spacial score (nSPS) is 22.5. The zero-order chi connectivity index (χ0) is 13.9. The van der Waals surface area contributed by atoms with Crippen LogP contribution in [0, 0.1) is 5.41 Å². The first-order chi connectivity index (χ1) is 8.97. The molecule has 0 bridgehead atoms. The SMILES string of the molecule is CN(C)Cc1cccc(NC2CSCCC2(C)C)c1. The summed E-state index contributed by atoms with van der Waals surface area (Å²) in [5, 5.41) is 3.75. The summed E-state index contributed by atoms with van der Waals surface area (Å²) in [6.45, 7) is 5.76. The number of rotatable bonds is 4. The number of nitrogens with one attached hydrogen (secondary N) is 1. The van der Waals surface area contributed by atoms with Gasteiger partial charge in [0.25, 0.3) is 0 Å². The lowest BCUT2D eigenvalue weighted by atomic mass is 9.82. The summed E-state index contributed by atoms with van der Waals surface area (Å²) < 4.78 is 0. The molecule has 0 radical (unpaired) electrons. The first-order valence-electron chi connectivity index (χ1n) is 7.05. The van der Waals surface area contributed by atoms with E-state index in [0.717, 1.165) is 6.54 Å². The summed E-state index contributed by atoms with van der Waals surface area (Å²) in [7, 11) is 4.22. The Labute approximate surface area is 122 Å². The summed E-state index contributed by atoms with van der Waals surface area (Å²) in [5.74, 6) is 2.51. The van der Waals surface area contributed by atoms with Crippen LogP contribution in [0.1, 0.15) is 25.8 Å². The molecule has 1 atom stereocenters. The monoisotopic (exact) mass is 278 g/mol. The quantitative estimate of drug-likeness (QED) is 0.904. The van der Waals surface area contributed by atoms with Gasteiger partial charge in [0.2, 0.25) is 0 Å². The zero-order valence-corrected chi connectivity index (χ0v) is 13.4. The van der Waals surface area contributed by atoms with Crippen molar-refractivity contribution in [1.29, 1.82) is 0 Å². The van der Waals surface area contributed by atoms with Crippen molar-refractivity contribution < 1.29 is 0 Å². The number of benzene rings is 1. The second-order valence-electron chi connectivity index (χ2n) is 6.45. The van der Waals surface area contributed by atoms with Gasteiger partial charge in [-0.2, -0.15) is 11.8 Å². The minimum atomic E-state index is 0.392. The van der Waals surface area contributed by atoms with E-state index in [9.17, 15) is 0 Å². The Morgan fingerprint density at radius 3 is 2.84 bits per heavy atom. The number of nitrogens with zero attached hydrogens (tertiary/aromatic N) is 1. The van der Waals surface area contributed by atoms with Crippen LogP contribution >= 0.6 is 11.8 Å². The average molecular weight is 278 g/mol. The minimum absolute atomic E-state index is 0.392. The van der Waals surface area contributed by atoms with Gasteiger partial charge in [-0.15, -0.1) is 0 Å². The molecule has 0 amide bonds. The van der Waals surface area contributed by atoms with Crippen LogP contribution in [0.15, 0.2) is 24.3 Å². The highest BCUT2D eigenvalue weighted by Crippen LogP contribution is 2.36. The second kappa shape index (κ2) is 6.19. The Morgan fingerprint density at radius 1 is 1.37 bits per heavy atom. The number of hydrogen-bond donors (Lipinski definition) is 1. The van der Waals surface area contributed by atoms with Crippen molar-refractivity contribution in [3.63, 3.8) is 0 Å². The van der Waals surface area contributed by atoms with Crippen LogP contribution < -0.4 is 5.32 Å². The van der Waals surface area contributed by atoms with Crippen LogP contribution in [0.5, 0.6) is 0 Å². The molecular weight excluding hydrogens is 252 g/mol.